The number of hydrogen-bond acceptors (Lipinski definition) is 4. The van der Waals surface area contributed by atoms with Crippen molar-refractivity contribution in [3.8, 4) is 5.69 Å². The van der Waals surface area contributed by atoms with Gasteiger partial charge in [0.05, 0.1) is 11.3 Å². The topological polar surface area (TPSA) is 88.9 Å². The van der Waals surface area contributed by atoms with Crippen LogP contribution >= 0.6 is 0 Å². The van der Waals surface area contributed by atoms with Crippen LogP contribution in [0.25, 0.3) is 5.69 Å². The van der Waals surface area contributed by atoms with Crippen molar-refractivity contribution in [3.63, 3.8) is 0 Å². The van der Waals surface area contributed by atoms with Crippen molar-refractivity contribution >= 4 is 11.8 Å². The summed E-state index contributed by atoms with van der Waals surface area (Å²) in [4.78, 5) is 27.8. The van der Waals surface area contributed by atoms with E-state index in [1.165, 1.54) is 36.7 Å². The second-order valence-electron chi connectivity index (χ2n) is 5.94. The van der Waals surface area contributed by atoms with Crippen LogP contribution in [-0.2, 0) is 6.18 Å². The van der Waals surface area contributed by atoms with Crippen LogP contribution in [0.4, 0.5) is 13.2 Å². The summed E-state index contributed by atoms with van der Waals surface area (Å²) in [6.07, 6.45) is -0.322. The molecule has 3 rings (SSSR count). The van der Waals surface area contributed by atoms with Crippen LogP contribution in [0.5, 0.6) is 0 Å². The highest BCUT2D eigenvalue weighted by Crippen LogP contribution is 2.27. The predicted molar refractivity (Wildman–Crippen MR) is 97.5 cm³/mol. The highest BCUT2D eigenvalue weighted by Gasteiger charge is 2.33. The molecule has 29 heavy (non-hydrogen) atoms. The van der Waals surface area contributed by atoms with E-state index < -0.39 is 11.9 Å². The van der Waals surface area contributed by atoms with E-state index in [4.69, 9.17) is 0 Å². The predicted octanol–water partition coefficient (Wildman–Crippen LogP) is 2.45. The molecule has 0 saturated heterocycles. The molecular formula is C19H16F3N5O2. The van der Waals surface area contributed by atoms with E-state index in [0.29, 0.717) is 16.8 Å². The maximum absolute atomic E-state index is 12.6. The lowest BCUT2D eigenvalue weighted by Gasteiger charge is -2.08. The van der Waals surface area contributed by atoms with E-state index in [1.54, 1.807) is 18.3 Å². The van der Waals surface area contributed by atoms with Crippen LogP contribution in [0.2, 0.25) is 0 Å². The third-order valence-electron chi connectivity index (χ3n) is 3.89. The Labute approximate surface area is 163 Å². The van der Waals surface area contributed by atoms with Crippen molar-refractivity contribution in [2.45, 2.75) is 6.18 Å². The van der Waals surface area contributed by atoms with Gasteiger partial charge in [-0.3, -0.25) is 14.6 Å². The number of carbonyl (C=O) groups excluding carboxylic acids is 2. The van der Waals surface area contributed by atoms with E-state index in [0.717, 1.165) is 10.7 Å². The van der Waals surface area contributed by atoms with Crippen LogP contribution in [0.1, 0.15) is 26.4 Å². The summed E-state index contributed by atoms with van der Waals surface area (Å²) >= 11 is 0. The molecule has 0 saturated carbocycles. The average Bonchev–Trinajstić information content (AvgIpc) is 3.22. The molecule has 2 N–H and O–H groups in total. The summed E-state index contributed by atoms with van der Waals surface area (Å²) in [6, 6.07) is 10.1. The molecule has 0 bridgehead atoms. The number of nitrogens with one attached hydrogen (secondary N) is 2. The van der Waals surface area contributed by atoms with Crippen molar-refractivity contribution in [1.29, 1.82) is 0 Å². The van der Waals surface area contributed by atoms with Crippen molar-refractivity contribution in [1.82, 2.24) is 25.4 Å². The molecule has 1 aromatic carbocycles. The van der Waals surface area contributed by atoms with Gasteiger partial charge in [0, 0.05) is 37.2 Å². The number of aromatic nitrogens is 3. The molecule has 2 amide bonds. The summed E-state index contributed by atoms with van der Waals surface area (Å²) in [5.41, 5.74) is 0.144. The van der Waals surface area contributed by atoms with Gasteiger partial charge < -0.3 is 10.6 Å². The lowest BCUT2D eigenvalue weighted by molar-refractivity contribution is -0.141. The first kappa shape index (κ1) is 20.1. The molecule has 150 valence electrons. The standard InChI is InChI=1S/C19H16F3N5O2/c20-19(21,22)16-7-11-27(26-16)15-5-3-13(4-6-15)17(28)24-9-10-25-18(29)14-2-1-8-23-12-14/h1-8,11-12H,9-10H2,(H,24,28)(H,25,29). The van der Waals surface area contributed by atoms with E-state index in [-0.39, 0.29) is 24.9 Å². The van der Waals surface area contributed by atoms with Gasteiger partial charge in [-0.25, -0.2) is 4.68 Å². The van der Waals surface area contributed by atoms with Crippen LogP contribution in [0, 0.1) is 0 Å². The molecule has 0 radical (unpaired) electrons. The Morgan fingerprint density at radius 2 is 1.59 bits per heavy atom. The maximum Gasteiger partial charge on any atom is 0.435 e. The summed E-state index contributed by atoms with van der Waals surface area (Å²) in [6.45, 7) is 0.436. The maximum atomic E-state index is 12.6. The summed E-state index contributed by atoms with van der Waals surface area (Å²) < 4.78 is 39.0. The van der Waals surface area contributed by atoms with Gasteiger partial charge in [-0.05, 0) is 42.5 Å². The van der Waals surface area contributed by atoms with E-state index in [1.807, 2.05) is 0 Å². The number of hydrogen-bond donors (Lipinski definition) is 2. The molecule has 0 unspecified atom stereocenters. The van der Waals surface area contributed by atoms with Crippen LogP contribution < -0.4 is 10.6 Å². The molecule has 10 heteroatoms. The second kappa shape index (κ2) is 8.55. The SMILES string of the molecule is O=C(NCCNC(=O)c1cccnc1)c1ccc(-n2ccc(C(F)(F)F)n2)cc1. The van der Waals surface area contributed by atoms with Gasteiger partial charge >= 0.3 is 6.18 Å². The smallest absolute Gasteiger partial charge is 0.350 e. The minimum Gasteiger partial charge on any atom is -0.350 e. The van der Waals surface area contributed by atoms with Gasteiger partial charge in [0.2, 0.25) is 0 Å². The largest absolute Gasteiger partial charge is 0.435 e. The fraction of sp³-hybridized carbons (Fsp3) is 0.158. The molecule has 0 aliphatic rings. The average molecular weight is 403 g/mol. The van der Waals surface area contributed by atoms with Gasteiger partial charge in [0.15, 0.2) is 5.69 Å². The lowest BCUT2D eigenvalue weighted by atomic mass is 10.2. The zero-order chi connectivity index (χ0) is 20.9. The zero-order valence-corrected chi connectivity index (χ0v) is 15.0. The van der Waals surface area contributed by atoms with Gasteiger partial charge in [0.25, 0.3) is 11.8 Å². The normalized spacial score (nSPS) is 11.1. The van der Waals surface area contributed by atoms with E-state index in [2.05, 4.69) is 20.7 Å². The molecule has 0 spiro atoms. The van der Waals surface area contributed by atoms with Gasteiger partial charge in [0.1, 0.15) is 0 Å². The first-order chi connectivity index (χ1) is 13.8. The van der Waals surface area contributed by atoms with Crippen molar-refractivity contribution in [2.24, 2.45) is 0 Å². The zero-order valence-electron chi connectivity index (χ0n) is 15.0. The Hall–Kier alpha value is -3.69. The number of halogens is 3. The Morgan fingerprint density at radius 3 is 2.14 bits per heavy atom. The number of rotatable bonds is 6. The minimum absolute atomic E-state index is 0.209. The van der Waals surface area contributed by atoms with Crippen LogP contribution in [0.15, 0.2) is 61.1 Å². The van der Waals surface area contributed by atoms with Gasteiger partial charge in [-0.15, -0.1) is 0 Å². The first-order valence-corrected chi connectivity index (χ1v) is 8.54. The highest BCUT2D eigenvalue weighted by atomic mass is 19.4. The second-order valence-corrected chi connectivity index (χ2v) is 5.94. The number of pyridine rings is 1. The van der Waals surface area contributed by atoms with E-state index in [9.17, 15) is 22.8 Å². The summed E-state index contributed by atoms with van der Waals surface area (Å²) in [5, 5.41) is 8.78. The summed E-state index contributed by atoms with van der Waals surface area (Å²) in [7, 11) is 0. The minimum atomic E-state index is -4.52. The quantitative estimate of drug-likeness (QED) is 0.619. The number of amides is 2. The highest BCUT2D eigenvalue weighted by molar-refractivity contribution is 5.95. The van der Waals surface area contributed by atoms with Crippen molar-refractivity contribution in [3.05, 3.63) is 77.9 Å². The third-order valence-corrected chi connectivity index (χ3v) is 3.89. The lowest BCUT2D eigenvalue weighted by Crippen LogP contribution is -2.34. The Kier molecular flexibility index (Phi) is 5.91. The monoisotopic (exact) mass is 403 g/mol. The van der Waals surface area contributed by atoms with E-state index >= 15 is 0 Å². The molecule has 2 heterocycles. The molecule has 0 aliphatic carbocycles. The van der Waals surface area contributed by atoms with Crippen molar-refractivity contribution in [2.75, 3.05) is 13.1 Å². The molecule has 0 fully saturated rings. The Balaban J connectivity index is 1.50. The first-order valence-electron chi connectivity index (χ1n) is 8.54. The number of nitrogens with zero attached hydrogens (tertiary/aromatic N) is 3. The molecular weight excluding hydrogens is 387 g/mol. The van der Waals surface area contributed by atoms with Crippen molar-refractivity contribution < 1.29 is 22.8 Å². The van der Waals surface area contributed by atoms with Gasteiger partial charge in [-0.2, -0.15) is 18.3 Å². The molecule has 7 nitrogen and oxygen atoms in total. The number of carbonyl (C=O) groups is 2. The van der Waals surface area contributed by atoms with Gasteiger partial charge in [-0.1, -0.05) is 0 Å². The fourth-order valence-electron chi connectivity index (χ4n) is 2.44. The molecule has 3 aromatic rings. The molecule has 0 atom stereocenters. The Bertz CT molecular complexity index is 985. The fourth-order valence-corrected chi connectivity index (χ4v) is 2.44. The number of benzene rings is 1. The third kappa shape index (κ3) is 5.18. The number of alkyl halides is 3. The van der Waals surface area contributed by atoms with Crippen LogP contribution in [0.3, 0.4) is 0 Å². The molecule has 2 aromatic heterocycles. The van der Waals surface area contributed by atoms with Crippen LogP contribution in [-0.4, -0.2) is 39.7 Å². The molecule has 0 aliphatic heterocycles. The Morgan fingerprint density at radius 1 is 0.931 bits per heavy atom. The summed E-state index contributed by atoms with van der Waals surface area (Å²) in [5.74, 6) is -0.669.